The highest BCUT2D eigenvalue weighted by Gasteiger charge is 2.10. The van der Waals surface area contributed by atoms with Crippen molar-refractivity contribution in [2.75, 3.05) is 32.0 Å². The molecule has 0 amide bonds. The molecule has 4 N–H and O–H groups in total. The normalized spacial score (nSPS) is 11.1. The van der Waals surface area contributed by atoms with E-state index >= 15 is 0 Å². The smallest absolute Gasteiger partial charge is 0.132 e. The van der Waals surface area contributed by atoms with Crippen molar-refractivity contribution in [2.45, 2.75) is 6.54 Å². The van der Waals surface area contributed by atoms with Crippen LogP contribution in [0.15, 0.2) is 0 Å². The first kappa shape index (κ1) is 11.3. The number of anilines is 1. The Morgan fingerprint density at radius 1 is 1.29 bits per heavy atom. The van der Waals surface area contributed by atoms with Crippen molar-refractivity contribution in [3.8, 4) is 0 Å². The van der Waals surface area contributed by atoms with E-state index in [0.29, 0.717) is 30.3 Å². The second kappa shape index (κ2) is 5.86. The van der Waals surface area contributed by atoms with Crippen LogP contribution in [-0.4, -0.2) is 51.0 Å². The summed E-state index contributed by atoms with van der Waals surface area (Å²) in [5.74, 6) is 0. The zero-order valence-electron chi connectivity index (χ0n) is 7.76. The van der Waals surface area contributed by atoms with Gasteiger partial charge in [0.15, 0.2) is 0 Å². The summed E-state index contributed by atoms with van der Waals surface area (Å²) in [6.07, 6.45) is 0. The second-order valence-electron chi connectivity index (χ2n) is 2.81. The largest absolute Gasteiger partial charge is 0.395 e. The van der Waals surface area contributed by atoms with Gasteiger partial charge in [-0.2, -0.15) is 0 Å². The fourth-order valence-corrected chi connectivity index (χ4v) is 1.53. The maximum Gasteiger partial charge on any atom is 0.132 e. The van der Waals surface area contributed by atoms with Gasteiger partial charge in [-0.3, -0.25) is 4.90 Å². The lowest BCUT2D eigenvalue weighted by molar-refractivity contribution is 0.155. The van der Waals surface area contributed by atoms with E-state index in [1.54, 1.807) is 0 Å². The molecule has 6 nitrogen and oxygen atoms in total. The summed E-state index contributed by atoms with van der Waals surface area (Å²) in [6.45, 7) is 1.62. The van der Waals surface area contributed by atoms with E-state index in [0.717, 1.165) is 11.5 Å². The van der Waals surface area contributed by atoms with Gasteiger partial charge in [-0.25, -0.2) is 0 Å². The van der Waals surface area contributed by atoms with Gasteiger partial charge in [-0.1, -0.05) is 4.49 Å². The topological polar surface area (TPSA) is 95.5 Å². The van der Waals surface area contributed by atoms with Gasteiger partial charge in [0, 0.05) is 31.2 Å². The average Bonchev–Trinajstić information content (AvgIpc) is 2.53. The van der Waals surface area contributed by atoms with Crippen LogP contribution in [0, 0.1) is 0 Å². The standard InChI is InChI=1S/C7H14N4O2S/c8-7-6(9-10-14-7)5-11(1-3-12)2-4-13/h12-13H,1-5,8H2. The number of nitrogens with zero attached hydrogens (tertiary/aromatic N) is 3. The van der Waals surface area contributed by atoms with Gasteiger partial charge >= 0.3 is 0 Å². The van der Waals surface area contributed by atoms with Crippen LogP contribution in [0.5, 0.6) is 0 Å². The van der Waals surface area contributed by atoms with E-state index < -0.39 is 0 Å². The van der Waals surface area contributed by atoms with Crippen LogP contribution in [0.4, 0.5) is 5.00 Å². The van der Waals surface area contributed by atoms with E-state index in [9.17, 15) is 0 Å². The molecule has 0 fully saturated rings. The molecule has 0 aliphatic heterocycles. The summed E-state index contributed by atoms with van der Waals surface area (Å²) in [6, 6.07) is 0. The highest BCUT2D eigenvalue weighted by Crippen LogP contribution is 2.14. The zero-order valence-corrected chi connectivity index (χ0v) is 8.57. The molecule has 0 unspecified atom stereocenters. The Bertz CT molecular complexity index is 262. The summed E-state index contributed by atoms with van der Waals surface area (Å²) in [5, 5.41) is 22.0. The summed E-state index contributed by atoms with van der Waals surface area (Å²) >= 11 is 1.15. The lowest BCUT2D eigenvalue weighted by atomic mass is 10.4. The molecule has 0 radical (unpaired) electrons. The molecular weight excluding hydrogens is 204 g/mol. The van der Waals surface area contributed by atoms with Crippen molar-refractivity contribution in [3.63, 3.8) is 0 Å². The van der Waals surface area contributed by atoms with Gasteiger partial charge in [-0.05, 0) is 0 Å². The van der Waals surface area contributed by atoms with Gasteiger partial charge in [0.2, 0.25) is 0 Å². The molecule has 0 saturated carbocycles. The lowest BCUT2D eigenvalue weighted by Gasteiger charge is -2.18. The minimum Gasteiger partial charge on any atom is -0.395 e. The summed E-state index contributed by atoms with van der Waals surface area (Å²) in [5.41, 5.74) is 6.33. The number of nitrogen functional groups attached to an aromatic ring is 1. The summed E-state index contributed by atoms with van der Waals surface area (Å²) < 4.78 is 3.71. The SMILES string of the molecule is Nc1snnc1CN(CCO)CCO. The monoisotopic (exact) mass is 218 g/mol. The predicted molar refractivity (Wildman–Crippen MR) is 53.8 cm³/mol. The minimum absolute atomic E-state index is 0.0530. The first-order valence-corrected chi connectivity index (χ1v) is 5.06. The zero-order chi connectivity index (χ0) is 10.4. The van der Waals surface area contributed by atoms with Crippen LogP contribution in [0.2, 0.25) is 0 Å². The van der Waals surface area contributed by atoms with Gasteiger partial charge in [0.05, 0.1) is 13.2 Å². The Morgan fingerprint density at radius 3 is 2.36 bits per heavy atom. The molecule has 1 aromatic heterocycles. The highest BCUT2D eigenvalue weighted by molar-refractivity contribution is 7.09. The number of aliphatic hydroxyl groups is 2. The number of hydrogen-bond acceptors (Lipinski definition) is 7. The molecule has 1 heterocycles. The first-order chi connectivity index (χ1) is 6.77. The van der Waals surface area contributed by atoms with E-state index in [1.807, 2.05) is 4.90 Å². The Balaban J connectivity index is 2.50. The third-order valence-corrected chi connectivity index (χ3v) is 2.39. The van der Waals surface area contributed by atoms with Crippen LogP contribution in [0.3, 0.4) is 0 Å². The maximum atomic E-state index is 8.77. The molecule has 0 atom stereocenters. The molecule has 0 bridgehead atoms. The molecule has 0 saturated heterocycles. The number of aliphatic hydroxyl groups excluding tert-OH is 2. The van der Waals surface area contributed by atoms with Gasteiger partial charge in [0.1, 0.15) is 10.7 Å². The first-order valence-electron chi connectivity index (χ1n) is 4.28. The van der Waals surface area contributed by atoms with Gasteiger partial charge in [-0.15, -0.1) is 5.10 Å². The van der Waals surface area contributed by atoms with E-state index in [-0.39, 0.29) is 13.2 Å². The molecule has 0 aromatic carbocycles. The van der Waals surface area contributed by atoms with Crippen molar-refractivity contribution >= 4 is 16.5 Å². The second-order valence-corrected chi connectivity index (χ2v) is 3.59. The Kier molecular flexibility index (Phi) is 4.74. The quantitative estimate of drug-likeness (QED) is 0.561. The fraction of sp³-hybridized carbons (Fsp3) is 0.714. The van der Waals surface area contributed by atoms with Crippen LogP contribution >= 0.6 is 11.5 Å². The Labute approximate surface area is 86.1 Å². The van der Waals surface area contributed by atoms with Crippen molar-refractivity contribution in [2.24, 2.45) is 0 Å². The Hall–Kier alpha value is -0.760. The summed E-state index contributed by atoms with van der Waals surface area (Å²) in [7, 11) is 0. The van der Waals surface area contributed by atoms with Crippen LogP contribution in [0.1, 0.15) is 5.69 Å². The molecule has 0 aliphatic carbocycles. The van der Waals surface area contributed by atoms with Crippen LogP contribution < -0.4 is 5.73 Å². The number of aromatic nitrogens is 2. The average molecular weight is 218 g/mol. The minimum atomic E-state index is 0.0530. The van der Waals surface area contributed by atoms with Crippen molar-refractivity contribution in [1.29, 1.82) is 0 Å². The van der Waals surface area contributed by atoms with Crippen LogP contribution in [-0.2, 0) is 6.54 Å². The highest BCUT2D eigenvalue weighted by atomic mass is 32.1. The number of rotatable bonds is 6. The third kappa shape index (κ3) is 3.18. The van der Waals surface area contributed by atoms with Crippen molar-refractivity contribution < 1.29 is 10.2 Å². The molecule has 1 aromatic rings. The molecule has 0 spiro atoms. The number of nitrogens with two attached hydrogens (primary N) is 1. The molecule has 1 rings (SSSR count). The van der Waals surface area contributed by atoms with E-state index in [2.05, 4.69) is 9.59 Å². The van der Waals surface area contributed by atoms with Gasteiger partial charge < -0.3 is 15.9 Å². The van der Waals surface area contributed by atoms with Crippen molar-refractivity contribution in [1.82, 2.24) is 14.5 Å². The van der Waals surface area contributed by atoms with E-state index in [1.165, 1.54) is 0 Å². The lowest BCUT2D eigenvalue weighted by Crippen LogP contribution is -2.29. The Morgan fingerprint density at radius 2 is 1.93 bits per heavy atom. The fourth-order valence-electron chi connectivity index (χ4n) is 1.09. The van der Waals surface area contributed by atoms with E-state index in [4.69, 9.17) is 15.9 Å². The van der Waals surface area contributed by atoms with Crippen LogP contribution in [0.25, 0.3) is 0 Å². The predicted octanol–water partition coefficient (Wildman–Crippen LogP) is -1.09. The number of hydrogen-bond donors (Lipinski definition) is 3. The summed E-state index contributed by atoms with van der Waals surface area (Å²) in [4.78, 5) is 1.87. The third-order valence-electron chi connectivity index (χ3n) is 1.79. The molecular formula is C7H14N4O2S. The van der Waals surface area contributed by atoms with Gasteiger partial charge in [0.25, 0.3) is 0 Å². The maximum absolute atomic E-state index is 8.77. The molecule has 0 aliphatic rings. The molecule has 14 heavy (non-hydrogen) atoms. The van der Waals surface area contributed by atoms with Crippen molar-refractivity contribution in [3.05, 3.63) is 5.69 Å². The molecule has 7 heteroatoms. The molecule has 80 valence electrons.